The van der Waals surface area contributed by atoms with Crippen molar-refractivity contribution in [2.75, 3.05) is 5.73 Å². The van der Waals surface area contributed by atoms with Crippen molar-refractivity contribution in [1.82, 2.24) is 9.97 Å². The van der Waals surface area contributed by atoms with Gasteiger partial charge >= 0.3 is 0 Å². The molecule has 6 heteroatoms. The van der Waals surface area contributed by atoms with Gasteiger partial charge in [0.25, 0.3) is 0 Å². The van der Waals surface area contributed by atoms with Crippen LogP contribution in [0.1, 0.15) is 5.69 Å². The molecular formula is C9H8BrN3S2. The van der Waals surface area contributed by atoms with E-state index in [1.807, 2.05) is 17.5 Å². The Labute approximate surface area is 104 Å². The summed E-state index contributed by atoms with van der Waals surface area (Å²) < 4.78 is 1.01. The number of anilines is 1. The quantitative estimate of drug-likeness (QED) is 0.885. The van der Waals surface area contributed by atoms with Crippen molar-refractivity contribution in [3.05, 3.63) is 33.9 Å². The Kier molecular flexibility index (Phi) is 3.61. The van der Waals surface area contributed by atoms with Gasteiger partial charge in [0.05, 0.1) is 5.69 Å². The maximum Gasteiger partial charge on any atom is 0.180 e. The van der Waals surface area contributed by atoms with Crippen LogP contribution in [0.4, 0.5) is 5.13 Å². The highest BCUT2D eigenvalue weighted by Crippen LogP contribution is 2.28. The first-order chi connectivity index (χ1) is 7.25. The average Bonchev–Trinajstić information content (AvgIpc) is 2.63. The molecule has 0 saturated heterocycles. The second-order valence-corrected chi connectivity index (χ2v) is 5.46. The van der Waals surface area contributed by atoms with Crippen molar-refractivity contribution < 1.29 is 0 Å². The molecular weight excluding hydrogens is 294 g/mol. The maximum atomic E-state index is 5.55. The van der Waals surface area contributed by atoms with Gasteiger partial charge < -0.3 is 5.73 Å². The molecule has 0 bridgehead atoms. The van der Waals surface area contributed by atoms with Gasteiger partial charge in [0.1, 0.15) is 5.03 Å². The van der Waals surface area contributed by atoms with Crippen LogP contribution in [0.2, 0.25) is 0 Å². The molecule has 0 atom stereocenters. The first-order valence-electron chi connectivity index (χ1n) is 4.19. The van der Waals surface area contributed by atoms with Gasteiger partial charge in [-0.25, -0.2) is 9.97 Å². The van der Waals surface area contributed by atoms with E-state index >= 15 is 0 Å². The number of thioether (sulfide) groups is 1. The standard InChI is InChI=1S/C9H8BrN3S2/c10-7-2-1-3-12-8(7)14-4-6-5-15-9(11)13-6/h1-3,5H,4H2,(H2,11,13). The second kappa shape index (κ2) is 4.96. The molecule has 3 nitrogen and oxygen atoms in total. The molecule has 0 aliphatic rings. The molecule has 0 spiro atoms. The van der Waals surface area contributed by atoms with Crippen molar-refractivity contribution in [3.8, 4) is 0 Å². The van der Waals surface area contributed by atoms with E-state index in [2.05, 4.69) is 25.9 Å². The number of nitrogens with two attached hydrogens (primary N) is 1. The van der Waals surface area contributed by atoms with E-state index < -0.39 is 0 Å². The minimum atomic E-state index is 0.616. The summed E-state index contributed by atoms with van der Waals surface area (Å²) in [6.07, 6.45) is 1.78. The predicted molar refractivity (Wildman–Crippen MR) is 68.0 cm³/mol. The zero-order valence-corrected chi connectivity index (χ0v) is 10.9. The fraction of sp³-hybridized carbons (Fsp3) is 0.111. The first-order valence-corrected chi connectivity index (χ1v) is 6.85. The third kappa shape index (κ3) is 2.93. The highest BCUT2D eigenvalue weighted by molar-refractivity contribution is 9.10. The van der Waals surface area contributed by atoms with Crippen LogP contribution in [-0.4, -0.2) is 9.97 Å². The van der Waals surface area contributed by atoms with Crippen molar-refractivity contribution in [2.24, 2.45) is 0 Å². The molecule has 0 aromatic carbocycles. The number of halogens is 1. The van der Waals surface area contributed by atoms with Gasteiger partial charge in [0, 0.05) is 21.8 Å². The summed E-state index contributed by atoms with van der Waals surface area (Å²) in [4.78, 5) is 8.45. The predicted octanol–water partition coefficient (Wildman–Crippen LogP) is 3.18. The molecule has 0 amide bonds. The fourth-order valence-corrected chi connectivity index (χ4v) is 3.05. The van der Waals surface area contributed by atoms with Crippen LogP contribution in [0, 0.1) is 0 Å². The first kappa shape index (κ1) is 10.9. The molecule has 0 aliphatic heterocycles. The molecule has 2 heterocycles. The summed E-state index contributed by atoms with van der Waals surface area (Å²) in [5.74, 6) is 0.795. The zero-order valence-electron chi connectivity index (χ0n) is 7.68. The number of hydrogen-bond donors (Lipinski definition) is 1. The van der Waals surface area contributed by atoms with Gasteiger partial charge in [-0.3, -0.25) is 0 Å². The Balaban J connectivity index is 2.02. The van der Waals surface area contributed by atoms with Gasteiger partial charge in [0.2, 0.25) is 0 Å². The zero-order chi connectivity index (χ0) is 10.7. The van der Waals surface area contributed by atoms with Crippen LogP contribution in [0.25, 0.3) is 0 Å². The summed E-state index contributed by atoms with van der Waals surface area (Å²) in [5, 5.41) is 3.56. The summed E-state index contributed by atoms with van der Waals surface area (Å²) in [6, 6.07) is 3.87. The number of pyridine rings is 1. The van der Waals surface area contributed by atoms with E-state index in [1.54, 1.807) is 18.0 Å². The SMILES string of the molecule is Nc1nc(CSc2ncccc2Br)cs1. The van der Waals surface area contributed by atoms with Crippen molar-refractivity contribution in [3.63, 3.8) is 0 Å². The highest BCUT2D eigenvalue weighted by Gasteiger charge is 2.03. The minimum absolute atomic E-state index is 0.616. The van der Waals surface area contributed by atoms with Crippen LogP contribution >= 0.6 is 39.0 Å². The van der Waals surface area contributed by atoms with Gasteiger partial charge in [-0.15, -0.1) is 11.3 Å². The summed E-state index contributed by atoms with van der Waals surface area (Å²) in [6.45, 7) is 0. The molecule has 0 radical (unpaired) electrons. The van der Waals surface area contributed by atoms with Crippen LogP contribution in [0.5, 0.6) is 0 Å². The highest BCUT2D eigenvalue weighted by atomic mass is 79.9. The topological polar surface area (TPSA) is 51.8 Å². The minimum Gasteiger partial charge on any atom is -0.375 e. The lowest BCUT2D eigenvalue weighted by atomic mass is 10.5. The van der Waals surface area contributed by atoms with Gasteiger partial charge in [0.15, 0.2) is 5.13 Å². The molecule has 0 fully saturated rings. The Hall–Kier alpha value is -0.590. The fourth-order valence-electron chi connectivity index (χ4n) is 1.01. The van der Waals surface area contributed by atoms with E-state index in [-0.39, 0.29) is 0 Å². The number of nitrogen functional groups attached to an aromatic ring is 1. The Morgan fingerprint density at radius 1 is 1.53 bits per heavy atom. The second-order valence-electron chi connectivity index (χ2n) is 2.76. The van der Waals surface area contributed by atoms with Crippen LogP contribution in [0.15, 0.2) is 33.2 Å². The monoisotopic (exact) mass is 301 g/mol. The normalized spacial score (nSPS) is 10.5. The number of thiazole rings is 1. The van der Waals surface area contributed by atoms with Crippen molar-refractivity contribution in [1.29, 1.82) is 0 Å². The molecule has 2 rings (SSSR count). The van der Waals surface area contributed by atoms with E-state index in [1.165, 1.54) is 11.3 Å². The molecule has 78 valence electrons. The van der Waals surface area contributed by atoms with Gasteiger partial charge in [-0.05, 0) is 28.1 Å². The van der Waals surface area contributed by atoms with Crippen LogP contribution in [-0.2, 0) is 5.75 Å². The van der Waals surface area contributed by atoms with Gasteiger partial charge in [-0.1, -0.05) is 11.8 Å². The molecule has 0 aliphatic carbocycles. The largest absolute Gasteiger partial charge is 0.375 e. The summed E-state index contributed by atoms with van der Waals surface area (Å²) in [7, 11) is 0. The van der Waals surface area contributed by atoms with Gasteiger partial charge in [-0.2, -0.15) is 0 Å². The van der Waals surface area contributed by atoms with E-state index in [9.17, 15) is 0 Å². The lowest BCUT2D eigenvalue weighted by molar-refractivity contribution is 1.10. The molecule has 2 aromatic rings. The third-order valence-electron chi connectivity index (χ3n) is 1.65. The molecule has 15 heavy (non-hydrogen) atoms. The van der Waals surface area contributed by atoms with E-state index in [0.717, 1.165) is 20.9 Å². The average molecular weight is 302 g/mol. The lowest BCUT2D eigenvalue weighted by Gasteiger charge is -2.00. The van der Waals surface area contributed by atoms with E-state index in [0.29, 0.717) is 5.13 Å². The smallest absolute Gasteiger partial charge is 0.180 e. The van der Waals surface area contributed by atoms with Crippen molar-refractivity contribution >= 4 is 44.2 Å². The van der Waals surface area contributed by atoms with E-state index in [4.69, 9.17) is 5.73 Å². The van der Waals surface area contributed by atoms with Crippen LogP contribution < -0.4 is 5.73 Å². The summed E-state index contributed by atoms with van der Waals surface area (Å²) in [5.41, 5.74) is 6.55. The Morgan fingerprint density at radius 2 is 2.40 bits per heavy atom. The molecule has 0 saturated carbocycles. The third-order valence-corrected chi connectivity index (χ3v) is 4.31. The Morgan fingerprint density at radius 3 is 3.07 bits per heavy atom. The Bertz CT molecular complexity index is 458. The molecule has 0 unspecified atom stereocenters. The number of aromatic nitrogens is 2. The number of nitrogens with zero attached hydrogens (tertiary/aromatic N) is 2. The number of rotatable bonds is 3. The number of hydrogen-bond acceptors (Lipinski definition) is 5. The summed E-state index contributed by atoms with van der Waals surface area (Å²) >= 11 is 6.56. The maximum absolute atomic E-state index is 5.55. The molecule has 2 aromatic heterocycles. The van der Waals surface area contributed by atoms with Crippen molar-refractivity contribution in [2.45, 2.75) is 10.8 Å². The van der Waals surface area contributed by atoms with Crippen LogP contribution in [0.3, 0.4) is 0 Å². The lowest BCUT2D eigenvalue weighted by Crippen LogP contribution is -1.86. The molecule has 2 N–H and O–H groups in total.